The number of aromatic hydroxyl groups is 1. The van der Waals surface area contributed by atoms with Gasteiger partial charge in [-0.2, -0.15) is 9.78 Å². The number of rotatable bonds is 4. The molecule has 100 valence electrons. The van der Waals surface area contributed by atoms with Crippen molar-refractivity contribution in [2.24, 2.45) is 5.10 Å². The molecule has 0 atom stereocenters. The molecule has 0 aliphatic rings. The maximum absolute atomic E-state index is 9.99. The number of thioether (sulfide) groups is 1. The number of benzene rings is 1. The largest absolute Gasteiger partial charge is 0.504 e. The Balaban J connectivity index is 2.36. The van der Waals surface area contributed by atoms with Crippen LogP contribution in [0.15, 0.2) is 33.2 Å². The molecular formula is C11H11BrN4O2S. The molecule has 19 heavy (non-hydrogen) atoms. The number of hydrogen-bond acceptors (Lipinski definition) is 6. The van der Waals surface area contributed by atoms with Crippen molar-refractivity contribution in [1.29, 1.82) is 0 Å². The van der Waals surface area contributed by atoms with Crippen LogP contribution < -0.4 is 4.74 Å². The standard InChI is InChI=1S/C11H11BrN4O2S/c1-18-9-4-8(12)3-7(10(9)17)5-14-16-6-13-15-11(16)19-2/h3-6,17H,1-2H3/b14-5-. The van der Waals surface area contributed by atoms with Crippen LogP contribution in [0.3, 0.4) is 0 Å². The molecule has 0 aliphatic carbocycles. The molecule has 0 saturated heterocycles. The summed E-state index contributed by atoms with van der Waals surface area (Å²) in [5.41, 5.74) is 0.534. The van der Waals surface area contributed by atoms with E-state index in [0.29, 0.717) is 16.5 Å². The van der Waals surface area contributed by atoms with E-state index >= 15 is 0 Å². The summed E-state index contributed by atoms with van der Waals surface area (Å²) in [6.45, 7) is 0. The molecule has 0 aliphatic heterocycles. The van der Waals surface area contributed by atoms with Gasteiger partial charge in [0.05, 0.1) is 13.3 Å². The number of phenolic OH excluding ortho intramolecular Hbond substituents is 1. The molecule has 1 aromatic carbocycles. The van der Waals surface area contributed by atoms with E-state index < -0.39 is 0 Å². The van der Waals surface area contributed by atoms with Gasteiger partial charge in [-0.25, -0.2) is 0 Å². The van der Waals surface area contributed by atoms with E-state index in [1.54, 1.807) is 12.1 Å². The Hall–Kier alpha value is -1.54. The molecule has 0 spiro atoms. The lowest BCUT2D eigenvalue weighted by atomic mass is 10.2. The zero-order valence-electron chi connectivity index (χ0n) is 10.2. The molecule has 2 rings (SSSR count). The Morgan fingerprint density at radius 3 is 3.00 bits per heavy atom. The van der Waals surface area contributed by atoms with Crippen LogP contribution >= 0.6 is 27.7 Å². The number of ether oxygens (including phenoxy) is 1. The minimum atomic E-state index is 0.0354. The van der Waals surface area contributed by atoms with Gasteiger partial charge < -0.3 is 9.84 Å². The minimum absolute atomic E-state index is 0.0354. The van der Waals surface area contributed by atoms with Crippen LogP contribution in [0, 0.1) is 0 Å². The molecule has 0 saturated carbocycles. The molecular weight excluding hydrogens is 332 g/mol. The molecule has 0 amide bonds. The summed E-state index contributed by atoms with van der Waals surface area (Å²) < 4.78 is 7.39. The van der Waals surface area contributed by atoms with Gasteiger partial charge in [0.25, 0.3) is 0 Å². The SMILES string of the molecule is COc1cc(Br)cc(/C=N\n2cnnc2SC)c1O. The van der Waals surface area contributed by atoms with Gasteiger partial charge in [-0.05, 0) is 18.4 Å². The van der Waals surface area contributed by atoms with E-state index in [1.807, 2.05) is 6.26 Å². The van der Waals surface area contributed by atoms with E-state index in [2.05, 4.69) is 31.2 Å². The second kappa shape index (κ2) is 6.07. The van der Waals surface area contributed by atoms with Gasteiger partial charge in [0.2, 0.25) is 5.16 Å². The zero-order chi connectivity index (χ0) is 13.8. The average Bonchev–Trinajstić information content (AvgIpc) is 2.86. The fraction of sp³-hybridized carbons (Fsp3) is 0.182. The van der Waals surface area contributed by atoms with Gasteiger partial charge in [0.1, 0.15) is 6.33 Å². The Morgan fingerprint density at radius 2 is 2.32 bits per heavy atom. The molecule has 1 N–H and O–H groups in total. The molecule has 0 fully saturated rings. The topological polar surface area (TPSA) is 72.5 Å². The maximum atomic E-state index is 9.99. The molecule has 0 bridgehead atoms. The summed E-state index contributed by atoms with van der Waals surface area (Å²) in [6.07, 6.45) is 4.90. The summed E-state index contributed by atoms with van der Waals surface area (Å²) in [6, 6.07) is 3.42. The number of methoxy groups -OCH3 is 1. The predicted octanol–water partition coefficient (Wildman–Crippen LogP) is 2.36. The number of halogens is 1. The van der Waals surface area contributed by atoms with Crippen molar-refractivity contribution in [2.45, 2.75) is 5.16 Å². The van der Waals surface area contributed by atoms with Gasteiger partial charge in [0, 0.05) is 10.0 Å². The summed E-state index contributed by atoms with van der Waals surface area (Å²) >= 11 is 4.78. The van der Waals surface area contributed by atoms with E-state index in [0.717, 1.165) is 4.47 Å². The Morgan fingerprint density at radius 1 is 1.53 bits per heavy atom. The van der Waals surface area contributed by atoms with Gasteiger partial charge in [-0.1, -0.05) is 27.7 Å². The van der Waals surface area contributed by atoms with E-state index in [4.69, 9.17) is 4.74 Å². The molecule has 0 unspecified atom stereocenters. The number of hydrogen-bond donors (Lipinski definition) is 1. The monoisotopic (exact) mass is 342 g/mol. The van der Waals surface area contributed by atoms with Crippen molar-refractivity contribution in [3.05, 3.63) is 28.5 Å². The zero-order valence-corrected chi connectivity index (χ0v) is 12.6. The number of phenols is 1. The fourth-order valence-electron chi connectivity index (χ4n) is 1.41. The van der Waals surface area contributed by atoms with Crippen molar-refractivity contribution in [3.63, 3.8) is 0 Å². The van der Waals surface area contributed by atoms with Crippen LogP contribution in [0.25, 0.3) is 0 Å². The molecule has 8 heteroatoms. The van der Waals surface area contributed by atoms with Gasteiger partial charge in [-0.3, -0.25) is 0 Å². The summed E-state index contributed by atoms with van der Waals surface area (Å²) in [4.78, 5) is 0. The summed E-state index contributed by atoms with van der Waals surface area (Å²) in [5.74, 6) is 0.415. The first-order valence-electron chi connectivity index (χ1n) is 5.20. The quantitative estimate of drug-likeness (QED) is 0.682. The van der Waals surface area contributed by atoms with Crippen molar-refractivity contribution in [3.8, 4) is 11.5 Å². The third kappa shape index (κ3) is 3.07. The van der Waals surface area contributed by atoms with Crippen molar-refractivity contribution < 1.29 is 9.84 Å². The third-order valence-corrected chi connectivity index (χ3v) is 3.38. The lowest BCUT2D eigenvalue weighted by molar-refractivity contribution is 0.373. The maximum Gasteiger partial charge on any atom is 0.211 e. The number of nitrogens with zero attached hydrogens (tertiary/aromatic N) is 4. The molecule has 1 aromatic heterocycles. The summed E-state index contributed by atoms with van der Waals surface area (Å²) in [5, 5.41) is 22.5. The van der Waals surface area contributed by atoms with E-state index in [1.165, 1.54) is 36.1 Å². The highest BCUT2D eigenvalue weighted by molar-refractivity contribution is 9.10. The molecule has 1 heterocycles. The van der Waals surface area contributed by atoms with Crippen LogP contribution in [0.1, 0.15) is 5.56 Å². The minimum Gasteiger partial charge on any atom is -0.504 e. The van der Waals surface area contributed by atoms with E-state index in [9.17, 15) is 5.11 Å². The second-order valence-corrected chi connectivity index (χ2v) is 5.14. The lowest BCUT2D eigenvalue weighted by Crippen LogP contribution is -1.93. The van der Waals surface area contributed by atoms with Crippen LogP contribution in [-0.2, 0) is 0 Å². The predicted molar refractivity (Wildman–Crippen MR) is 77.2 cm³/mol. The van der Waals surface area contributed by atoms with Gasteiger partial charge >= 0.3 is 0 Å². The second-order valence-electron chi connectivity index (χ2n) is 3.45. The molecule has 0 radical (unpaired) electrons. The number of aromatic nitrogens is 3. The van der Waals surface area contributed by atoms with E-state index in [-0.39, 0.29) is 5.75 Å². The highest BCUT2D eigenvalue weighted by Crippen LogP contribution is 2.32. The Labute approximate surface area is 122 Å². The Kier molecular flexibility index (Phi) is 4.43. The van der Waals surface area contributed by atoms with Crippen LogP contribution in [0.4, 0.5) is 0 Å². The van der Waals surface area contributed by atoms with Crippen LogP contribution in [-0.4, -0.2) is 39.6 Å². The Bertz CT molecular complexity index is 615. The van der Waals surface area contributed by atoms with Crippen molar-refractivity contribution in [2.75, 3.05) is 13.4 Å². The molecule has 2 aromatic rings. The molecule has 6 nitrogen and oxygen atoms in total. The summed E-state index contributed by atoms with van der Waals surface area (Å²) in [7, 11) is 1.49. The highest BCUT2D eigenvalue weighted by Gasteiger charge is 2.08. The first-order valence-corrected chi connectivity index (χ1v) is 7.22. The van der Waals surface area contributed by atoms with Crippen LogP contribution in [0.2, 0.25) is 0 Å². The lowest BCUT2D eigenvalue weighted by Gasteiger charge is -2.06. The highest BCUT2D eigenvalue weighted by atomic mass is 79.9. The normalized spacial score (nSPS) is 11.1. The van der Waals surface area contributed by atoms with Gasteiger partial charge in [0.15, 0.2) is 11.5 Å². The third-order valence-electron chi connectivity index (χ3n) is 2.29. The van der Waals surface area contributed by atoms with Crippen LogP contribution in [0.5, 0.6) is 11.5 Å². The smallest absolute Gasteiger partial charge is 0.211 e. The first kappa shape index (κ1) is 13.9. The first-order chi connectivity index (χ1) is 9.15. The average molecular weight is 343 g/mol. The fourth-order valence-corrected chi connectivity index (χ4v) is 2.27. The van der Waals surface area contributed by atoms with Crippen molar-refractivity contribution >= 4 is 33.9 Å². The van der Waals surface area contributed by atoms with Gasteiger partial charge in [-0.15, -0.1) is 10.2 Å². The van der Waals surface area contributed by atoms with Crippen molar-refractivity contribution in [1.82, 2.24) is 14.9 Å².